The second kappa shape index (κ2) is 6.11. The normalized spacial score (nSPS) is 15.2. The highest BCUT2D eigenvalue weighted by Gasteiger charge is 2.10. The van der Waals surface area contributed by atoms with Gasteiger partial charge in [-0.3, -0.25) is 0 Å². The maximum absolute atomic E-state index is 5.79. The van der Waals surface area contributed by atoms with E-state index in [1.54, 1.807) is 18.3 Å². The molecule has 2 aromatic rings. The Labute approximate surface area is 123 Å². The first-order valence-corrected chi connectivity index (χ1v) is 7.04. The highest BCUT2D eigenvalue weighted by molar-refractivity contribution is 6.30. The lowest BCUT2D eigenvalue weighted by Crippen LogP contribution is -2.43. The van der Waals surface area contributed by atoms with Crippen molar-refractivity contribution in [2.24, 2.45) is 0 Å². The summed E-state index contributed by atoms with van der Waals surface area (Å²) in [5, 5.41) is 3.95. The molecule has 20 heavy (non-hydrogen) atoms. The zero-order valence-electron chi connectivity index (χ0n) is 11.1. The predicted molar refractivity (Wildman–Crippen MR) is 80.8 cm³/mol. The van der Waals surface area contributed by atoms with Crippen molar-refractivity contribution in [1.29, 1.82) is 0 Å². The average molecular weight is 290 g/mol. The number of benzene rings is 1. The monoisotopic (exact) mass is 289 g/mol. The van der Waals surface area contributed by atoms with E-state index in [-0.39, 0.29) is 0 Å². The van der Waals surface area contributed by atoms with Crippen molar-refractivity contribution in [3.05, 3.63) is 47.6 Å². The largest absolute Gasteiger partial charge is 0.439 e. The Kier molecular flexibility index (Phi) is 4.04. The van der Waals surface area contributed by atoms with Gasteiger partial charge < -0.3 is 15.0 Å². The molecule has 0 bridgehead atoms. The Balaban J connectivity index is 1.67. The van der Waals surface area contributed by atoms with Gasteiger partial charge in [0.15, 0.2) is 0 Å². The molecule has 3 rings (SSSR count). The van der Waals surface area contributed by atoms with Crippen molar-refractivity contribution in [1.82, 2.24) is 10.3 Å². The third-order valence-electron chi connectivity index (χ3n) is 3.24. The summed E-state index contributed by atoms with van der Waals surface area (Å²) in [6.07, 6.45) is 1.58. The van der Waals surface area contributed by atoms with Crippen molar-refractivity contribution in [2.45, 2.75) is 0 Å². The van der Waals surface area contributed by atoms with Crippen LogP contribution in [0.25, 0.3) is 0 Å². The van der Waals surface area contributed by atoms with Gasteiger partial charge in [-0.1, -0.05) is 11.6 Å². The number of aromatic nitrogens is 1. The molecular weight excluding hydrogens is 274 g/mol. The Morgan fingerprint density at radius 2 is 1.80 bits per heavy atom. The quantitative estimate of drug-likeness (QED) is 0.943. The number of nitrogens with zero attached hydrogens (tertiary/aromatic N) is 2. The molecule has 5 heteroatoms. The zero-order valence-corrected chi connectivity index (χ0v) is 11.8. The van der Waals surface area contributed by atoms with Crippen LogP contribution in [-0.2, 0) is 0 Å². The molecule has 1 fully saturated rings. The molecule has 104 valence electrons. The van der Waals surface area contributed by atoms with Gasteiger partial charge in [0.1, 0.15) is 5.75 Å². The van der Waals surface area contributed by atoms with Crippen molar-refractivity contribution in [3.63, 3.8) is 0 Å². The topological polar surface area (TPSA) is 37.4 Å². The summed E-state index contributed by atoms with van der Waals surface area (Å²) in [6, 6.07) is 11.6. The molecule has 0 atom stereocenters. The summed E-state index contributed by atoms with van der Waals surface area (Å²) in [5.74, 6) is 1.32. The minimum absolute atomic E-state index is 0.546. The minimum atomic E-state index is 0.546. The molecule has 0 radical (unpaired) electrons. The van der Waals surface area contributed by atoms with E-state index in [4.69, 9.17) is 16.3 Å². The van der Waals surface area contributed by atoms with Crippen LogP contribution in [0, 0.1) is 0 Å². The molecule has 0 saturated carbocycles. The summed E-state index contributed by atoms with van der Waals surface area (Å²) in [5.41, 5.74) is 1.22. The van der Waals surface area contributed by atoms with E-state index >= 15 is 0 Å². The summed E-state index contributed by atoms with van der Waals surface area (Å²) < 4.78 is 5.68. The number of ether oxygens (including phenoxy) is 1. The summed E-state index contributed by atoms with van der Waals surface area (Å²) in [6.45, 7) is 4.15. The molecular formula is C15H16ClN3O. The van der Waals surface area contributed by atoms with Gasteiger partial charge in [-0.2, -0.15) is 0 Å². The molecule has 1 aromatic heterocycles. The molecule has 2 heterocycles. The number of piperazine rings is 1. The number of pyridine rings is 1. The van der Waals surface area contributed by atoms with Gasteiger partial charge in [-0.15, -0.1) is 0 Å². The number of anilines is 1. The standard InChI is InChI=1S/C15H16ClN3O/c16-12-1-6-15(18-11-12)20-14-4-2-13(3-5-14)19-9-7-17-8-10-19/h1-6,11,17H,7-10H2. The Morgan fingerprint density at radius 1 is 1.05 bits per heavy atom. The number of hydrogen-bond donors (Lipinski definition) is 1. The van der Waals surface area contributed by atoms with Crippen LogP contribution in [-0.4, -0.2) is 31.2 Å². The molecule has 0 aliphatic carbocycles. The summed E-state index contributed by atoms with van der Waals surface area (Å²) in [7, 11) is 0. The van der Waals surface area contributed by atoms with E-state index in [9.17, 15) is 0 Å². The number of hydrogen-bond acceptors (Lipinski definition) is 4. The smallest absolute Gasteiger partial charge is 0.219 e. The highest BCUT2D eigenvalue weighted by atomic mass is 35.5. The summed E-state index contributed by atoms with van der Waals surface area (Å²) >= 11 is 5.79. The lowest BCUT2D eigenvalue weighted by atomic mass is 10.2. The lowest BCUT2D eigenvalue weighted by molar-refractivity contribution is 0.463. The van der Waals surface area contributed by atoms with Crippen molar-refractivity contribution < 1.29 is 4.74 Å². The van der Waals surface area contributed by atoms with Crippen LogP contribution >= 0.6 is 11.6 Å². The van der Waals surface area contributed by atoms with Crippen LogP contribution in [0.5, 0.6) is 11.6 Å². The predicted octanol–water partition coefficient (Wildman–Crippen LogP) is 2.94. The number of halogens is 1. The fraction of sp³-hybridized carbons (Fsp3) is 0.267. The fourth-order valence-electron chi connectivity index (χ4n) is 2.19. The van der Waals surface area contributed by atoms with Gasteiger partial charge >= 0.3 is 0 Å². The molecule has 1 aliphatic heterocycles. The van der Waals surface area contributed by atoms with Crippen molar-refractivity contribution in [2.75, 3.05) is 31.1 Å². The lowest BCUT2D eigenvalue weighted by Gasteiger charge is -2.29. The second-order valence-electron chi connectivity index (χ2n) is 4.65. The zero-order chi connectivity index (χ0) is 13.8. The fourth-order valence-corrected chi connectivity index (χ4v) is 2.30. The van der Waals surface area contributed by atoms with E-state index in [1.807, 2.05) is 12.1 Å². The van der Waals surface area contributed by atoms with Gasteiger partial charge in [-0.05, 0) is 30.3 Å². The number of nitrogens with one attached hydrogen (secondary N) is 1. The second-order valence-corrected chi connectivity index (χ2v) is 5.08. The third-order valence-corrected chi connectivity index (χ3v) is 3.47. The molecule has 0 unspecified atom stereocenters. The molecule has 4 nitrogen and oxygen atoms in total. The van der Waals surface area contributed by atoms with Crippen molar-refractivity contribution >= 4 is 17.3 Å². The molecule has 1 aromatic carbocycles. The SMILES string of the molecule is Clc1ccc(Oc2ccc(N3CCNCC3)cc2)nc1. The van der Waals surface area contributed by atoms with Crippen LogP contribution < -0.4 is 15.0 Å². The van der Waals surface area contributed by atoms with E-state index in [1.165, 1.54) is 5.69 Å². The molecule has 1 saturated heterocycles. The maximum Gasteiger partial charge on any atom is 0.219 e. The number of rotatable bonds is 3. The Bertz CT molecular complexity index is 550. The highest BCUT2D eigenvalue weighted by Crippen LogP contribution is 2.24. The van der Waals surface area contributed by atoms with Crippen LogP contribution in [0.1, 0.15) is 0 Å². The molecule has 0 amide bonds. The van der Waals surface area contributed by atoms with E-state index in [0.717, 1.165) is 31.9 Å². The van der Waals surface area contributed by atoms with Crippen LogP contribution in [0.15, 0.2) is 42.6 Å². The van der Waals surface area contributed by atoms with Gasteiger partial charge in [-0.25, -0.2) is 4.98 Å². The van der Waals surface area contributed by atoms with Gasteiger partial charge in [0.25, 0.3) is 0 Å². The first kappa shape index (κ1) is 13.2. The van der Waals surface area contributed by atoms with Crippen molar-refractivity contribution in [3.8, 4) is 11.6 Å². The van der Waals surface area contributed by atoms with Gasteiger partial charge in [0, 0.05) is 44.1 Å². The molecule has 0 spiro atoms. The van der Waals surface area contributed by atoms with Gasteiger partial charge in [0.2, 0.25) is 5.88 Å². The maximum atomic E-state index is 5.79. The summed E-state index contributed by atoms with van der Waals surface area (Å²) in [4.78, 5) is 6.47. The van der Waals surface area contributed by atoms with Crippen LogP contribution in [0.4, 0.5) is 5.69 Å². The third kappa shape index (κ3) is 3.21. The first-order chi connectivity index (χ1) is 9.81. The van der Waals surface area contributed by atoms with E-state index < -0.39 is 0 Å². The Morgan fingerprint density at radius 3 is 2.45 bits per heavy atom. The Hall–Kier alpha value is -1.78. The van der Waals surface area contributed by atoms with Crippen LogP contribution in [0.2, 0.25) is 5.02 Å². The molecule has 1 aliphatic rings. The first-order valence-electron chi connectivity index (χ1n) is 6.66. The average Bonchev–Trinajstić information content (AvgIpc) is 2.51. The van der Waals surface area contributed by atoms with E-state index in [0.29, 0.717) is 10.9 Å². The minimum Gasteiger partial charge on any atom is -0.439 e. The molecule has 1 N–H and O–H groups in total. The van der Waals surface area contributed by atoms with Crippen LogP contribution in [0.3, 0.4) is 0 Å². The van der Waals surface area contributed by atoms with Gasteiger partial charge in [0.05, 0.1) is 5.02 Å². The van der Waals surface area contributed by atoms with E-state index in [2.05, 4.69) is 27.3 Å².